The average Bonchev–Trinajstić information content (AvgIpc) is 3.45. The second kappa shape index (κ2) is 12.3. The van der Waals surface area contributed by atoms with Crippen molar-refractivity contribution in [1.29, 1.82) is 0 Å². The molecule has 2 heterocycles. The summed E-state index contributed by atoms with van der Waals surface area (Å²) >= 11 is 0. The molecule has 0 aliphatic heterocycles. The smallest absolute Gasteiger partial charge is 0.295 e. The summed E-state index contributed by atoms with van der Waals surface area (Å²) in [4.78, 5) is 36.8. The molecule has 0 bridgehead atoms. The Morgan fingerprint density at radius 3 is 2.63 bits per heavy atom. The monoisotopic (exact) mass is 560 g/mol. The van der Waals surface area contributed by atoms with E-state index in [1.165, 1.54) is 12.1 Å². The van der Waals surface area contributed by atoms with Crippen LogP contribution in [0.3, 0.4) is 0 Å². The van der Waals surface area contributed by atoms with Gasteiger partial charge in [0.05, 0.1) is 0 Å². The molecule has 41 heavy (non-hydrogen) atoms. The number of carbonyl (C=O) groups is 1. The van der Waals surface area contributed by atoms with Gasteiger partial charge in [0.2, 0.25) is 11.9 Å². The fourth-order valence-corrected chi connectivity index (χ4v) is 4.76. The summed E-state index contributed by atoms with van der Waals surface area (Å²) in [5.41, 5.74) is 1.19. The predicted octanol–water partition coefficient (Wildman–Crippen LogP) is 5.78. The van der Waals surface area contributed by atoms with Crippen molar-refractivity contribution in [2.24, 2.45) is 0 Å². The van der Waals surface area contributed by atoms with Gasteiger partial charge in [0, 0.05) is 47.7 Å². The van der Waals surface area contributed by atoms with E-state index in [1.54, 1.807) is 35.0 Å². The zero-order valence-electron chi connectivity index (χ0n) is 22.7. The average molecular weight is 561 g/mol. The molecule has 2 aromatic heterocycles. The molecule has 2 aromatic carbocycles. The Hall–Kier alpha value is -4.64. The van der Waals surface area contributed by atoms with E-state index >= 15 is 0 Å². The van der Waals surface area contributed by atoms with Gasteiger partial charge in [0.25, 0.3) is 5.56 Å². The predicted molar refractivity (Wildman–Crippen MR) is 154 cm³/mol. The Labute approximate surface area is 235 Å². The summed E-state index contributed by atoms with van der Waals surface area (Å²) < 4.78 is 34.9. The summed E-state index contributed by atoms with van der Waals surface area (Å²) in [6.07, 6.45) is 8.34. The van der Waals surface area contributed by atoms with Gasteiger partial charge < -0.3 is 20.3 Å². The largest absolute Gasteiger partial charge is 0.448 e. The van der Waals surface area contributed by atoms with Gasteiger partial charge in [-0.1, -0.05) is 25.0 Å². The van der Waals surface area contributed by atoms with E-state index < -0.39 is 17.2 Å². The van der Waals surface area contributed by atoms with Crippen LogP contribution in [0.25, 0.3) is 11.0 Å². The maximum atomic E-state index is 14.3. The van der Waals surface area contributed by atoms with Crippen molar-refractivity contribution in [3.8, 4) is 11.5 Å². The second-order valence-electron chi connectivity index (χ2n) is 10.1. The van der Waals surface area contributed by atoms with E-state index in [9.17, 15) is 18.4 Å². The molecule has 0 unspecified atom stereocenters. The highest BCUT2D eigenvalue weighted by atomic mass is 19.1. The summed E-state index contributed by atoms with van der Waals surface area (Å²) in [5.74, 6) is -1.98. The van der Waals surface area contributed by atoms with Gasteiger partial charge in [-0.2, -0.15) is 4.98 Å². The van der Waals surface area contributed by atoms with E-state index in [0.29, 0.717) is 35.0 Å². The molecule has 2 N–H and O–H groups in total. The standard InChI is InChI=1S/C30H30F2N6O3/c1-37(2)14-6-11-27(39)34-21-7-5-8-22(17-21)35-30-33-18-19-15-26(41-25-13-12-20(31)16-24(25)32)29(40)38(28(19)36-30)23-9-3-4-10-23/h5-8,11-13,15-18,23H,3-4,9-10,14H2,1-2H3,(H,34,39)(H,33,35,36)/b11-6+. The van der Waals surface area contributed by atoms with Crippen LogP contribution in [0.1, 0.15) is 31.7 Å². The molecule has 5 rings (SSSR count). The van der Waals surface area contributed by atoms with E-state index in [-0.39, 0.29) is 29.4 Å². The first-order valence-electron chi connectivity index (χ1n) is 13.3. The molecule has 11 heteroatoms. The van der Waals surface area contributed by atoms with Gasteiger partial charge in [-0.3, -0.25) is 14.2 Å². The Morgan fingerprint density at radius 1 is 1.10 bits per heavy atom. The zero-order chi connectivity index (χ0) is 28.9. The Kier molecular flexibility index (Phi) is 8.34. The fourth-order valence-electron chi connectivity index (χ4n) is 4.76. The summed E-state index contributed by atoms with van der Waals surface area (Å²) in [6, 6.07) is 11.4. The first kappa shape index (κ1) is 27.9. The lowest BCUT2D eigenvalue weighted by Gasteiger charge is -2.18. The van der Waals surface area contributed by atoms with Crippen LogP contribution in [0, 0.1) is 11.6 Å². The number of amides is 1. The van der Waals surface area contributed by atoms with Crippen molar-refractivity contribution < 1.29 is 18.3 Å². The van der Waals surface area contributed by atoms with Crippen LogP contribution in [-0.2, 0) is 4.79 Å². The maximum Gasteiger partial charge on any atom is 0.295 e. The highest BCUT2D eigenvalue weighted by Crippen LogP contribution is 2.33. The number of rotatable bonds is 9. The van der Waals surface area contributed by atoms with Gasteiger partial charge in [0.15, 0.2) is 17.3 Å². The number of carbonyl (C=O) groups excluding carboxylic acids is 1. The fraction of sp³-hybridized carbons (Fsp3) is 0.267. The number of pyridine rings is 1. The molecule has 1 amide bonds. The van der Waals surface area contributed by atoms with Crippen molar-refractivity contribution in [3.63, 3.8) is 0 Å². The van der Waals surface area contributed by atoms with Crippen LogP contribution in [0.15, 0.2) is 71.7 Å². The van der Waals surface area contributed by atoms with Crippen LogP contribution in [0.4, 0.5) is 26.1 Å². The van der Waals surface area contributed by atoms with Crippen molar-refractivity contribution in [1.82, 2.24) is 19.4 Å². The molecule has 0 saturated heterocycles. The molecule has 1 aliphatic carbocycles. The first-order chi connectivity index (χ1) is 19.8. The minimum absolute atomic E-state index is 0.0951. The number of aromatic nitrogens is 3. The number of hydrogen-bond acceptors (Lipinski definition) is 7. The lowest BCUT2D eigenvalue weighted by atomic mass is 10.2. The number of nitrogens with zero attached hydrogens (tertiary/aromatic N) is 4. The molecule has 1 fully saturated rings. The number of halogens is 2. The number of ether oxygens (including phenoxy) is 1. The highest BCUT2D eigenvalue weighted by Gasteiger charge is 2.24. The van der Waals surface area contributed by atoms with Gasteiger partial charge in [0.1, 0.15) is 11.5 Å². The Bertz CT molecular complexity index is 1660. The number of fused-ring (bicyclic) bond motifs is 1. The zero-order valence-corrected chi connectivity index (χ0v) is 22.7. The maximum absolute atomic E-state index is 14.3. The lowest BCUT2D eigenvalue weighted by molar-refractivity contribution is -0.111. The van der Waals surface area contributed by atoms with Gasteiger partial charge in [-0.15, -0.1) is 0 Å². The van der Waals surface area contributed by atoms with Crippen molar-refractivity contribution in [2.75, 3.05) is 31.3 Å². The van der Waals surface area contributed by atoms with Crippen LogP contribution < -0.4 is 20.9 Å². The first-order valence-corrected chi connectivity index (χ1v) is 13.3. The van der Waals surface area contributed by atoms with Crippen LogP contribution in [0.2, 0.25) is 0 Å². The Balaban J connectivity index is 1.44. The minimum Gasteiger partial charge on any atom is -0.448 e. The molecule has 0 spiro atoms. The second-order valence-corrected chi connectivity index (χ2v) is 10.1. The molecule has 0 radical (unpaired) electrons. The number of nitrogens with one attached hydrogen (secondary N) is 2. The minimum atomic E-state index is -0.907. The Morgan fingerprint density at radius 2 is 1.88 bits per heavy atom. The number of likely N-dealkylation sites (N-methyl/N-ethyl adjacent to an activating group) is 1. The van der Waals surface area contributed by atoms with Crippen molar-refractivity contribution >= 4 is 34.3 Å². The quantitative estimate of drug-likeness (QED) is 0.250. The van der Waals surface area contributed by atoms with E-state index in [4.69, 9.17) is 4.74 Å². The third-order valence-corrected chi connectivity index (χ3v) is 6.67. The SMILES string of the molecule is CN(C)C/C=C/C(=O)Nc1cccc(Nc2ncc3cc(Oc4ccc(F)cc4F)c(=O)n(C4CCCC4)c3n2)c1. The molecule has 1 aliphatic rings. The molecule has 0 atom stereocenters. The number of benzene rings is 2. The lowest BCUT2D eigenvalue weighted by Crippen LogP contribution is -2.25. The number of anilines is 3. The summed E-state index contributed by atoms with van der Waals surface area (Å²) in [5, 5.41) is 6.50. The topological polar surface area (TPSA) is 101 Å². The molecule has 4 aromatic rings. The summed E-state index contributed by atoms with van der Waals surface area (Å²) in [7, 11) is 3.84. The van der Waals surface area contributed by atoms with Gasteiger partial charge >= 0.3 is 0 Å². The van der Waals surface area contributed by atoms with Crippen LogP contribution in [0.5, 0.6) is 11.5 Å². The molecular formula is C30H30F2N6O3. The third-order valence-electron chi connectivity index (χ3n) is 6.67. The molecule has 1 saturated carbocycles. The van der Waals surface area contributed by atoms with E-state index in [0.717, 1.165) is 37.8 Å². The van der Waals surface area contributed by atoms with Crippen LogP contribution in [-0.4, -0.2) is 46.0 Å². The molecule has 9 nitrogen and oxygen atoms in total. The van der Waals surface area contributed by atoms with Crippen molar-refractivity contribution in [2.45, 2.75) is 31.7 Å². The molecule has 212 valence electrons. The molecular weight excluding hydrogens is 530 g/mol. The van der Waals surface area contributed by atoms with Crippen LogP contribution >= 0.6 is 0 Å². The van der Waals surface area contributed by atoms with E-state index in [2.05, 4.69) is 20.6 Å². The third kappa shape index (κ3) is 6.75. The normalized spacial score (nSPS) is 13.8. The van der Waals surface area contributed by atoms with Crippen molar-refractivity contribution in [3.05, 3.63) is 88.9 Å². The highest BCUT2D eigenvalue weighted by molar-refractivity contribution is 5.99. The van der Waals surface area contributed by atoms with E-state index in [1.807, 2.05) is 25.1 Å². The van der Waals surface area contributed by atoms with Gasteiger partial charge in [-0.05, 0) is 63.3 Å². The van der Waals surface area contributed by atoms with Gasteiger partial charge in [-0.25, -0.2) is 13.8 Å². The number of hydrogen-bond donors (Lipinski definition) is 2. The summed E-state index contributed by atoms with van der Waals surface area (Å²) in [6.45, 7) is 0.650.